The Kier molecular flexibility index (Phi) is 4.36. The summed E-state index contributed by atoms with van der Waals surface area (Å²) in [5.41, 5.74) is 0.827. The minimum Gasteiger partial charge on any atom is -0.491 e. The molecule has 0 unspecified atom stereocenters. The lowest BCUT2D eigenvalue weighted by molar-refractivity contribution is -0.136. The number of amides is 4. The SMILES string of the molecule is CN1C(=O)[C@@H](CC(=O)N2CCOc3ccc(Cl)cc3C2)N(C)C1=O. The summed E-state index contributed by atoms with van der Waals surface area (Å²) >= 11 is 6.01. The summed E-state index contributed by atoms with van der Waals surface area (Å²) in [6, 6.07) is 4.15. The minimum atomic E-state index is -0.752. The van der Waals surface area contributed by atoms with E-state index in [1.807, 2.05) is 0 Å². The molecule has 1 atom stereocenters. The molecule has 0 saturated carbocycles. The van der Waals surface area contributed by atoms with Gasteiger partial charge in [-0.2, -0.15) is 0 Å². The summed E-state index contributed by atoms with van der Waals surface area (Å²) in [6.45, 7) is 1.15. The lowest BCUT2D eigenvalue weighted by Gasteiger charge is -2.23. The van der Waals surface area contributed by atoms with Gasteiger partial charge in [0.25, 0.3) is 5.91 Å². The molecule has 128 valence electrons. The highest BCUT2D eigenvalue weighted by Crippen LogP contribution is 2.27. The number of carbonyl (C=O) groups excluding carboxylic acids is 3. The van der Waals surface area contributed by atoms with E-state index in [1.54, 1.807) is 23.1 Å². The van der Waals surface area contributed by atoms with Crippen molar-refractivity contribution in [2.45, 2.75) is 19.0 Å². The fourth-order valence-corrected chi connectivity index (χ4v) is 3.14. The van der Waals surface area contributed by atoms with Crippen LogP contribution < -0.4 is 4.74 Å². The first-order valence-electron chi connectivity index (χ1n) is 7.62. The van der Waals surface area contributed by atoms with E-state index >= 15 is 0 Å². The first kappa shape index (κ1) is 16.6. The Hall–Kier alpha value is -2.28. The van der Waals surface area contributed by atoms with Crippen LogP contribution in [0.1, 0.15) is 12.0 Å². The topological polar surface area (TPSA) is 70.2 Å². The van der Waals surface area contributed by atoms with Crippen molar-refractivity contribution in [3.8, 4) is 5.75 Å². The van der Waals surface area contributed by atoms with Crippen molar-refractivity contribution in [3.05, 3.63) is 28.8 Å². The molecule has 3 rings (SSSR count). The number of halogens is 1. The third-order valence-corrected chi connectivity index (χ3v) is 4.63. The van der Waals surface area contributed by atoms with Gasteiger partial charge in [0.1, 0.15) is 18.4 Å². The lowest BCUT2D eigenvalue weighted by Crippen LogP contribution is -2.40. The summed E-state index contributed by atoms with van der Waals surface area (Å²) in [4.78, 5) is 40.5. The van der Waals surface area contributed by atoms with Crippen LogP contribution in [0, 0.1) is 0 Å². The van der Waals surface area contributed by atoms with Crippen molar-refractivity contribution < 1.29 is 19.1 Å². The molecule has 1 fully saturated rings. The minimum absolute atomic E-state index is 0.0404. The maximum absolute atomic E-state index is 12.6. The predicted octanol–water partition coefficient (Wildman–Crippen LogP) is 1.34. The third-order valence-electron chi connectivity index (χ3n) is 4.39. The van der Waals surface area contributed by atoms with Gasteiger partial charge in [-0.05, 0) is 18.2 Å². The number of ether oxygens (including phenoxy) is 1. The molecule has 0 N–H and O–H groups in total. The van der Waals surface area contributed by atoms with Gasteiger partial charge in [0, 0.05) is 31.2 Å². The summed E-state index contributed by atoms with van der Waals surface area (Å²) in [5, 5.41) is 0.574. The summed E-state index contributed by atoms with van der Waals surface area (Å²) in [6.07, 6.45) is -0.0404. The highest BCUT2D eigenvalue weighted by molar-refractivity contribution is 6.30. The van der Waals surface area contributed by atoms with Crippen LogP contribution in [-0.2, 0) is 16.1 Å². The van der Waals surface area contributed by atoms with E-state index in [0.29, 0.717) is 30.5 Å². The van der Waals surface area contributed by atoms with E-state index in [2.05, 4.69) is 0 Å². The quantitative estimate of drug-likeness (QED) is 0.754. The Bertz CT molecular complexity index is 709. The van der Waals surface area contributed by atoms with E-state index in [4.69, 9.17) is 16.3 Å². The second kappa shape index (κ2) is 6.32. The third kappa shape index (κ3) is 2.91. The molecule has 0 bridgehead atoms. The molecule has 1 aromatic rings. The summed E-state index contributed by atoms with van der Waals surface area (Å²) in [7, 11) is 2.95. The largest absolute Gasteiger partial charge is 0.491 e. The van der Waals surface area contributed by atoms with Crippen molar-refractivity contribution in [1.29, 1.82) is 0 Å². The molecule has 4 amide bonds. The van der Waals surface area contributed by atoms with Gasteiger partial charge in [-0.25, -0.2) is 4.79 Å². The van der Waals surface area contributed by atoms with Crippen LogP contribution in [0.5, 0.6) is 5.75 Å². The highest BCUT2D eigenvalue weighted by atomic mass is 35.5. The van der Waals surface area contributed by atoms with Gasteiger partial charge >= 0.3 is 6.03 Å². The predicted molar refractivity (Wildman–Crippen MR) is 86.7 cm³/mol. The maximum Gasteiger partial charge on any atom is 0.326 e. The van der Waals surface area contributed by atoms with Crippen LogP contribution >= 0.6 is 11.6 Å². The first-order valence-corrected chi connectivity index (χ1v) is 7.99. The van der Waals surface area contributed by atoms with Crippen LogP contribution in [0.15, 0.2) is 18.2 Å². The molecule has 8 heteroatoms. The summed E-state index contributed by atoms with van der Waals surface area (Å²) < 4.78 is 5.64. The Morgan fingerprint density at radius 3 is 2.75 bits per heavy atom. The lowest BCUT2D eigenvalue weighted by atomic mass is 10.1. The molecule has 2 aliphatic heterocycles. The van der Waals surface area contributed by atoms with Crippen LogP contribution in [0.4, 0.5) is 4.79 Å². The molecule has 1 saturated heterocycles. The Morgan fingerprint density at radius 2 is 2.08 bits per heavy atom. The van der Waals surface area contributed by atoms with Gasteiger partial charge in [-0.3, -0.25) is 14.5 Å². The second-order valence-electron chi connectivity index (χ2n) is 5.93. The zero-order chi connectivity index (χ0) is 17.4. The van der Waals surface area contributed by atoms with Gasteiger partial charge in [-0.15, -0.1) is 0 Å². The summed E-state index contributed by atoms with van der Waals surface area (Å²) in [5.74, 6) is 0.156. The number of urea groups is 1. The number of hydrogen-bond acceptors (Lipinski definition) is 4. The first-order chi connectivity index (χ1) is 11.4. The van der Waals surface area contributed by atoms with Crippen molar-refractivity contribution in [2.24, 2.45) is 0 Å². The van der Waals surface area contributed by atoms with Crippen LogP contribution in [-0.4, -0.2) is 65.8 Å². The van der Waals surface area contributed by atoms with Gasteiger partial charge < -0.3 is 14.5 Å². The van der Waals surface area contributed by atoms with Gasteiger partial charge in [0.05, 0.1) is 13.0 Å². The molecule has 0 spiro atoms. The average Bonchev–Trinajstić information content (AvgIpc) is 2.75. The number of hydrogen-bond donors (Lipinski definition) is 0. The van der Waals surface area contributed by atoms with Crippen molar-refractivity contribution in [2.75, 3.05) is 27.2 Å². The Morgan fingerprint density at radius 1 is 1.33 bits per heavy atom. The molecule has 2 heterocycles. The van der Waals surface area contributed by atoms with E-state index < -0.39 is 12.1 Å². The van der Waals surface area contributed by atoms with Crippen LogP contribution in [0.25, 0.3) is 0 Å². The number of nitrogens with zero attached hydrogens (tertiary/aromatic N) is 3. The average molecular weight is 352 g/mol. The maximum atomic E-state index is 12.6. The smallest absolute Gasteiger partial charge is 0.326 e. The van der Waals surface area contributed by atoms with E-state index in [1.165, 1.54) is 19.0 Å². The fraction of sp³-hybridized carbons (Fsp3) is 0.438. The Labute approximate surface area is 144 Å². The highest BCUT2D eigenvalue weighted by Gasteiger charge is 2.42. The Balaban J connectivity index is 1.74. The van der Waals surface area contributed by atoms with E-state index in [9.17, 15) is 14.4 Å². The van der Waals surface area contributed by atoms with E-state index in [0.717, 1.165) is 10.5 Å². The van der Waals surface area contributed by atoms with Gasteiger partial charge in [0.15, 0.2) is 0 Å². The molecule has 0 aromatic heterocycles. The van der Waals surface area contributed by atoms with Crippen molar-refractivity contribution in [3.63, 3.8) is 0 Å². The van der Waals surface area contributed by atoms with Crippen molar-refractivity contribution in [1.82, 2.24) is 14.7 Å². The number of benzene rings is 1. The molecule has 0 radical (unpaired) electrons. The van der Waals surface area contributed by atoms with Gasteiger partial charge in [-0.1, -0.05) is 11.6 Å². The molecule has 0 aliphatic carbocycles. The number of fused-ring (bicyclic) bond motifs is 1. The number of likely N-dealkylation sites (N-methyl/N-ethyl adjacent to an activating group) is 2. The number of imide groups is 1. The standard InChI is InChI=1S/C16H18ClN3O4/c1-18-12(15(22)19(2)16(18)23)8-14(21)20-5-6-24-13-4-3-11(17)7-10(13)9-20/h3-4,7,12H,5-6,8-9H2,1-2H3/t12-/m1/s1. The molecule has 24 heavy (non-hydrogen) atoms. The fourth-order valence-electron chi connectivity index (χ4n) is 2.95. The number of carbonyl (C=O) groups is 3. The molecular weight excluding hydrogens is 334 g/mol. The van der Waals surface area contributed by atoms with Crippen LogP contribution in [0.3, 0.4) is 0 Å². The molecule has 7 nitrogen and oxygen atoms in total. The normalized spacial score (nSPS) is 20.8. The number of rotatable bonds is 2. The molecular formula is C16H18ClN3O4. The monoisotopic (exact) mass is 351 g/mol. The van der Waals surface area contributed by atoms with Crippen LogP contribution in [0.2, 0.25) is 5.02 Å². The molecule has 1 aromatic carbocycles. The van der Waals surface area contributed by atoms with Gasteiger partial charge in [0.2, 0.25) is 5.91 Å². The van der Waals surface area contributed by atoms with Crippen molar-refractivity contribution >= 4 is 29.4 Å². The van der Waals surface area contributed by atoms with E-state index in [-0.39, 0.29) is 18.2 Å². The molecule has 2 aliphatic rings. The second-order valence-corrected chi connectivity index (χ2v) is 6.36. The zero-order valence-corrected chi connectivity index (χ0v) is 14.2. The zero-order valence-electron chi connectivity index (χ0n) is 13.5.